The van der Waals surface area contributed by atoms with Crippen molar-refractivity contribution in [3.05, 3.63) is 0 Å². The van der Waals surface area contributed by atoms with Crippen LogP contribution in [0.2, 0.25) is 0 Å². The number of aliphatic hydroxyl groups excluding tert-OH is 1. The van der Waals surface area contributed by atoms with Crippen LogP contribution in [0.3, 0.4) is 0 Å². The lowest BCUT2D eigenvalue weighted by Crippen LogP contribution is -2.60. The zero-order valence-electron chi connectivity index (χ0n) is 39.5. The number of likely N-dealkylation sites (tertiary alicyclic amines) is 1. The first-order chi connectivity index (χ1) is 32.7. The number of aliphatic imine (C=N–C) groups is 2. The highest BCUT2D eigenvalue weighted by Crippen LogP contribution is 2.19. The molecule has 0 aliphatic carbocycles. The van der Waals surface area contributed by atoms with Crippen molar-refractivity contribution >= 4 is 77.1 Å². The smallest absolute Gasteiger partial charge is 0.326 e. The van der Waals surface area contributed by atoms with Gasteiger partial charge in [0, 0.05) is 26.1 Å². The molecule has 1 fully saturated rings. The van der Waals surface area contributed by atoms with Crippen LogP contribution in [0.5, 0.6) is 0 Å². The van der Waals surface area contributed by atoms with E-state index in [1.807, 2.05) is 0 Å². The van der Waals surface area contributed by atoms with Gasteiger partial charge < -0.3 is 91.2 Å². The van der Waals surface area contributed by atoms with Gasteiger partial charge in [0.2, 0.25) is 47.3 Å². The van der Waals surface area contributed by atoms with E-state index >= 15 is 0 Å². The molecule has 8 amide bonds. The molecule has 30 heteroatoms. The molecule has 70 heavy (non-hydrogen) atoms. The number of amides is 8. The molecule has 9 atom stereocenters. The summed E-state index contributed by atoms with van der Waals surface area (Å²) in [5.74, 6) is -13.2. The molecule has 0 aromatic heterocycles. The molecular weight excluding hydrogens is 931 g/mol. The highest BCUT2D eigenvalue weighted by molar-refractivity contribution is 5.99. The molecule has 30 nitrogen and oxygen atoms in total. The number of hydrogen-bond acceptors (Lipinski definition) is 15. The number of carbonyl (C=O) groups excluding carboxylic acids is 8. The van der Waals surface area contributed by atoms with E-state index in [4.69, 9.17) is 28.7 Å². The minimum Gasteiger partial charge on any atom is -0.481 e. The Morgan fingerprint density at radius 1 is 0.600 bits per heavy atom. The number of carbonyl (C=O) groups is 11. The lowest BCUT2D eigenvalue weighted by atomic mass is 10.0. The Morgan fingerprint density at radius 3 is 1.59 bits per heavy atom. The second-order valence-corrected chi connectivity index (χ2v) is 16.7. The summed E-state index contributed by atoms with van der Waals surface area (Å²) in [5, 5.41) is 54.7. The van der Waals surface area contributed by atoms with E-state index in [1.54, 1.807) is 0 Å². The fourth-order valence-corrected chi connectivity index (χ4v) is 6.70. The van der Waals surface area contributed by atoms with Crippen LogP contribution in [0.25, 0.3) is 0 Å². The minimum atomic E-state index is -1.90. The maximum absolute atomic E-state index is 13.7. The molecule has 0 saturated carbocycles. The first-order valence-corrected chi connectivity index (χ1v) is 22.3. The first kappa shape index (κ1) is 60.6. The van der Waals surface area contributed by atoms with Crippen molar-refractivity contribution in [3.8, 4) is 0 Å². The first-order valence-electron chi connectivity index (χ1n) is 22.3. The van der Waals surface area contributed by atoms with Crippen LogP contribution in [0.15, 0.2) is 9.98 Å². The van der Waals surface area contributed by atoms with Crippen molar-refractivity contribution in [1.29, 1.82) is 0 Å². The topological polar surface area (TPSA) is 511 Å². The average molecular weight is 1000 g/mol. The van der Waals surface area contributed by atoms with E-state index in [2.05, 4.69) is 47.2 Å². The Bertz CT molecular complexity index is 1940. The Kier molecular flexibility index (Phi) is 26.2. The van der Waals surface area contributed by atoms with E-state index in [1.165, 1.54) is 27.7 Å². The molecule has 0 aromatic carbocycles. The van der Waals surface area contributed by atoms with Gasteiger partial charge in [0.25, 0.3) is 0 Å². The summed E-state index contributed by atoms with van der Waals surface area (Å²) >= 11 is 0. The fraction of sp³-hybridized carbons (Fsp3) is 0.675. The number of hydrogen-bond donors (Lipinski definition) is 16. The molecule has 0 bridgehead atoms. The van der Waals surface area contributed by atoms with Gasteiger partial charge in [0.1, 0.15) is 48.3 Å². The van der Waals surface area contributed by atoms with Gasteiger partial charge in [-0.25, -0.2) is 4.79 Å². The number of rotatable bonds is 31. The zero-order chi connectivity index (χ0) is 53.4. The van der Waals surface area contributed by atoms with Gasteiger partial charge in [-0.05, 0) is 64.7 Å². The third-order valence-electron chi connectivity index (χ3n) is 10.5. The quantitative estimate of drug-likeness (QED) is 0.0174. The van der Waals surface area contributed by atoms with Gasteiger partial charge in [-0.15, -0.1) is 0 Å². The molecule has 0 radical (unpaired) electrons. The van der Waals surface area contributed by atoms with Crippen molar-refractivity contribution in [2.45, 2.75) is 140 Å². The number of guanidine groups is 2. The van der Waals surface area contributed by atoms with Crippen LogP contribution in [0.1, 0.15) is 85.5 Å². The summed E-state index contributed by atoms with van der Waals surface area (Å²) < 4.78 is 0. The highest BCUT2D eigenvalue weighted by atomic mass is 16.4. The molecule has 0 unspecified atom stereocenters. The molecule has 0 aromatic rings. The number of nitrogens with two attached hydrogens (primary N) is 5. The minimum absolute atomic E-state index is 0.00123. The van der Waals surface area contributed by atoms with Crippen molar-refractivity contribution in [1.82, 2.24) is 42.1 Å². The van der Waals surface area contributed by atoms with Gasteiger partial charge in [-0.3, -0.25) is 57.9 Å². The Labute approximate surface area is 402 Å². The van der Waals surface area contributed by atoms with Gasteiger partial charge >= 0.3 is 17.9 Å². The third kappa shape index (κ3) is 21.7. The number of nitrogens with one attached hydrogen (secondary N) is 7. The molecule has 1 heterocycles. The van der Waals surface area contributed by atoms with Crippen LogP contribution < -0.4 is 65.9 Å². The van der Waals surface area contributed by atoms with Crippen LogP contribution in [0, 0.1) is 5.92 Å². The molecule has 1 rings (SSSR count). The third-order valence-corrected chi connectivity index (χ3v) is 10.5. The van der Waals surface area contributed by atoms with Gasteiger partial charge in [-0.2, -0.15) is 0 Å². The van der Waals surface area contributed by atoms with E-state index in [-0.39, 0.29) is 63.7 Å². The maximum Gasteiger partial charge on any atom is 0.326 e. The van der Waals surface area contributed by atoms with E-state index < -0.39 is 151 Å². The number of aliphatic carboxylic acids is 3. The Hall–Kier alpha value is -7.37. The Morgan fingerprint density at radius 2 is 1.09 bits per heavy atom. The number of carboxylic acid groups (broad SMARTS) is 3. The second-order valence-electron chi connectivity index (χ2n) is 16.7. The van der Waals surface area contributed by atoms with Crippen LogP contribution in [-0.2, 0) is 52.7 Å². The molecule has 21 N–H and O–H groups in total. The molecule has 394 valence electrons. The fourth-order valence-electron chi connectivity index (χ4n) is 6.70. The van der Waals surface area contributed by atoms with Crippen molar-refractivity contribution in [2.24, 2.45) is 44.6 Å². The van der Waals surface area contributed by atoms with Crippen LogP contribution in [0.4, 0.5) is 0 Å². The highest BCUT2D eigenvalue weighted by Gasteiger charge is 2.40. The van der Waals surface area contributed by atoms with Crippen molar-refractivity contribution < 1.29 is 73.2 Å². The van der Waals surface area contributed by atoms with E-state index in [0.717, 1.165) is 4.90 Å². The summed E-state index contributed by atoms with van der Waals surface area (Å²) in [4.78, 5) is 150. The predicted molar refractivity (Wildman–Crippen MR) is 246 cm³/mol. The average Bonchev–Trinajstić information content (AvgIpc) is 3.77. The normalized spacial score (nSPS) is 16.5. The summed E-state index contributed by atoms with van der Waals surface area (Å²) in [6, 6.07) is -13.1. The SMILES string of the molecule is CC(C)[C@H](NC(=O)[C@H](CCC(=O)O)NC(=O)[C@H](CCCN=C(N)N)NC(=O)[C@H](CC(=O)O)NC(=O)[C@H](C)NC(=O)[C@@H]1CCCN1C(=O)[C@H](CO)NC(=O)[C@H](C)NC(=O)[C@@H](N)CCCN=C(N)N)C(=O)O. The molecule has 1 aliphatic heterocycles. The maximum atomic E-state index is 13.7. The van der Waals surface area contributed by atoms with E-state index in [9.17, 15) is 73.2 Å². The van der Waals surface area contributed by atoms with Gasteiger partial charge in [0.15, 0.2) is 11.9 Å². The number of aliphatic hydroxyl groups is 1. The summed E-state index contributed by atoms with van der Waals surface area (Å²) in [7, 11) is 0. The lowest BCUT2D eigenvalue weighted by Gasteiger charge is -2.29. The molecule has 0 spiro atoms. The van der Waals surface area contributed by atoms with Crippen LogP contribution in [-0.4, -0.2) is 183 Å². The van der Waals surface area contributed by atoms with Crippen LogP contribution >= 0.6 is 0 Å². The standard InChI is InChI=1S/C40H69N15O15/c1-18(2)29(38(69)70)54-34(65)23(11-12-27(57)58)51-33(64)22(9-6-14-47-40(44)45)50-35(66)24(16-28(59)60)52-30(61)20(4)49-36(67)26-10-7-15-55(26)37(68)25(17-56)53-31(62)19(3)48-32(63)21(41)8-5-13-46-39(42)43/h18-26,29,56H,5-17,41H2,1-4H3,(H,48,63)(H,49,67)(H,50,66)(H,51,64)(H,52,61)(H,53,62)(H,54,65)(H,57,58)(H,59,60)(H,69,70)(H4,42,43,46)(H4,44,45,47)/t19-,20-,21-,22-,23-,24-,25-,26-,29-/m0/s1. The Balaban J connectivity index is 3.17. The lowest BCUT2D eigenvalue weighted by molar-refractivity contribution is -0.144. The van der Waals surface area contributed by atoms with Gasteiger partial charge in [-0.1, -0.05) is 13.8 Å². The molecule has 1 aliphatic rings. The summed E-state index contributed by atoms with van der Waals surface area (Å²) in [6.45, 7) is 4.72. The zero-order valence-corrected chi connectivity index (χ0v) is 39.5. The monoisotopic (exact) mass is 1000 g/mol. The van der Waals surface area contributed by atoms with Crippen molar-refractivity contribution in [3.63, 3.8) is 0 Å². The van der Waals surface area contributed by atoms with Gasteiger partial charge in [0.05, 0.1) is 19.1 Å². The summed E-state index contributed by atoms with van der Waals surface area (Å²) in [6.07, 6.45) is -1.57. The summed E-state index contributed by atoms with van der Waals surface area (Å²) in [5.41, 5.74) is 27.2. The molecular formula is C40H69N15O15. The predicted octanol–water partition coefficient (Wildman–Crippen LogP) is -7.08. The van der Waals surface area contributed by atoms with E-state index in [0.29, 0.717) is 6.42 Å². The number of nitrogens with zero attached hydrogens (tertiary/aromatic N) is 3. The largest absolute Gasteiger partial charge is 0.481 e. The van der Waals surface area contributed by atoms with Crippen molar-refractivity contribution in [2.75, 3.05) is 26.2 Å². The molecule has 1 saturated heterocycles. The number of carboxylic acids is 3. The second kappa shape index (κ2) is 30.2.